The third-order valence-electron chi connectivity index (χ3n) is 7.67. The van der Waals surface area contributed by atoms with Crippen LogP contribution >= 0.6 is 0 Å². The van der Waals surface area contributed by atoms with E-state index in [1.165, 1.54) is 0 Å². The Morgan fingerprint density at radius 1 is 1.05 bits per heavy atom. The standard InChI is InChI=1S/C31H31N3O5S/c1-3-39-26-17-23(13-14-25(26)35)29-27-28(22-11-9-20(2)10-12-22)32-34(24-15-16-40(37,38)19-24)30(27)31(36)33(29)18-21-7-5-4-6-8-21/h4-14,17,24,29,35H,3,15-16,18-19H2,1-2H3/t24-,29+/m0/s1. The molecule has 6 rings (SSSR count). The van der Waals surface area contributed by atoms with Crippen LogP contribution in [0.4, 0.5) is 0 Å². The number of phenolic OH excluding ortho intramolecular Hbond substituents is 1. The summed E-state index contributed by atoms with van der Waals surface area (Å²) in [5.74, 6) is 0.193. The second kappa shape index (κ2) is 10.1. The van der Waals surface area contributed by atoms with Crippen molar-refractivity contribution in [3.63, 3.8) is 0 Å². The minimum atomic E-state index is -3.21. The van der Waals surface area contributed by atoms with Crippen molar-refractivity contribution in [1.82, 2.24) is 14.7 Å². The van der Waals surface area contributed by atoms with Crippen molar-refractivity contribution in [3.8, 4) is 22.8 Å². The van der Waals surface area contributed by atoms with Gasteiger partial charge in [-0.25, -0.2) is 8.42 Å². The van der Waals surface area contributed by atoms with Gasteiger partial charge in [-0.15, -0.1) is 0 Å². The minimum absolute atomic E-state index is 0.0235. The monoisotopic (exact) mass is 557 g/mol. The molecule has 1 aromatic heterocycles. The fraction of sp³-hybridized carbons (Fsp3) is 0.290. The molecule has 1 N–H and O–H groups in total. The van der Waals surface area contributed by atoms with Crippen LogP contribution in [-0.4, -0.2) is 52.2 Å². The van der Waals surface area contributed by atoms with Gasteiger partial charge in [-0.3, -0.25) is 9.48 Å². The van der Waals surface area contributed by atoms with Gasteiger partial charge in [-0.05, 0) is 43.5 Å². The van der Waals surface area contributed by atoms with Crippen molar-refractivity contribution in [2.75, 3.05) is 18.1 Å². The fourth-order valence-electron chi connectivity index (χ4n) is 5.75. The molecule has 8 nitrogen and oxygen atoms in total. The third kappa shape index (κ3) is 4.64. The van der Waals surface area contributed by atoms with Gasteiger partial charge >= 0.3 is 0 Å². The Labute approximate surface area is 233 Å². The van der Waals surface area contributed by atoms with E-state index in [2.05, 4.69) is 0 Å². The third-order valence-corrected chi connectivity index (χ3v) is 9.42. The van der Waals surface area contributed by atoms with Crippen LogP contribution in [0, 0.1) is 6.92 Å². The van der Waals surface area contributed by atoms with E-state index in [0.29, 0.717) is 36.7 Å². The Morgan fingerprint density at radius 2 is 1.80 bits per heavy atom. The maximum Gasteiger partial charge on any atom is 0.273 e. The average molecular weight is 558 g/mol. The van der Waals surface area contributed by atoms with E-state index in [1.54, 1.807) is 27.8 Å². The predicted molar refractivity (Wildman–Crippen MR) is 152 cm³/mol. The molecule has 0 bridgehead atoms. The van der Waals surface area contributed by atoms with Crippen molar-refractivity contribution >= 4 is 15.7 Å². The second-order valence-electron chi connectivity index (χ2n) is 10.5. The van der Waals surface area contributed by atoms with E-state index in [0.717, 1.165) is 27.8 Å². The molecule has 0 unspecified atom stereocenters. The van der Waals surface area contributed by atoms with Crippen LogP contribution in [0.15, 0.2) is 72.8 Å². The van der Waals surface area contributed by atoms with E-state index >= 15 is 0 Å². The van der Waals surface area contributed by atoms with Gasteiger partial charge in [0, 0.05) is 17.7 Å². The molecule has 2 aliphatic rings. The number of nitrogens with zero attached hydrogens (tertiary/aromatic N) is 3. The number of aromatic nitrogens is 2. The topological polar surface area (TPSA) is 102 Å². The Bertz CT molecular complexity index is 1680. The summed E-state index contributed by atoms with van der Waals surface area (Å²) in [6.45, 7) is 4.58. The van der Waals surface area contributed by atoms with Gasteiger partial charge in [0.2, 0.25) is 0 Å². The molecular formula is C31H31N3O5S. The molecule has 40 heavy (non-hydrogen) atoms. The van der Waals surface area contributed by atoms with Gasteiger partial charge in [0.15, 0.2) is 21.3 Å². The van der Waals surface area contributed by atoms with Gasteiger partial charge < -0.3 is 14.7 Å². The van der Waals surface area contributed by atoms with Crippen molar-refractivity contribution in [1.29, 1.82) is 0 Å². The summed E-state index contributed by atoms with van der Waals surface area (Å²) in [5.41, 5.74) is 5.50. The van der Waals surface area contributed by atoms with Crippen LogP contribution in [0.1, 0.15) is 58.2 Å². The van der Waals surface area contributed by atoms with E-state index < -0.39 is 21.9 Å². The summed E-state index contributed by atoms with van der Waals surface area (Å²) < 4.78 is 32.3. The first-order valence-corrected chi connectivity index (χ1v) is 15.3. The van der Waals surface area contributed by atoms with Crippen LogP contribution in [-0.2, 0) is 16.4 Å². The first-order valence-electron chi connectivity index (χ1n) is 13.5. The summed E-state index contributed by atoms with van der Waals surface area (Å²) in [6.07, 6.45) is 0.411. The van der Waals surface area contributed by atoms with Crippen LogP contribution in [0.3, 0.4) is 0 Å². The zero-order valence-corrected chi connectivity index (χ0v) is 23.3. The van der Waals surface area contributed by atoms with Gasteiger partial charge in [0.1, 0.15) is 5.69 Å². The van der Waals surface area contributed by atoms with Gasteiger partial charge in [0.25, 0.3) is 5.91 Å². The first-order chi connectivity index (χ1) is 19.3. The lowest BCUT2D eigenvalue weighted by Crippen LogP contribution is -2.30. The van der Waals surface area contributed by atoms with Crippen molar-refractivity contribution in [3.05, 3.63) is 101 Å². The average Bonchev–Trinajstić information content (AvgIpc) is 3.58. The summed E-state index contributed by atoms with van der Waals surface area (Å²) in [5, 5.41) is 15.4. The lowest BCUT2D eigenvalue weighted by molar-refractivity contribution is 0.0722. The number of sulfone groups is 1. The van der Waals surface area contributed by atoms with Gasteiger partial charge in [-0.2, -0.15) is 5.10 Å². The Kier molecular flexibility index (Phi) is 6.62. The number of benzene rings is 3. The molecular weight excluding hydrogens is 526 g/mol. The number of amides is 1. The quantitative estimate of drug-likeness (QED) is 0.341. The molecule has 1 amide bonds. The Morgan fingerprint density at radius 3 is 2.48 bits per heavy atom. The summed E-state index contributed by atoms with van der Waals surface area (Å²) in [6, 6.07) is 22.0. The van der Waals surface area contributed by atoms with Crippen molar-refractivity contribution in [2.45, 2.75) is 38.9 Å². The van der Waals surface area contributed by atoms with Crippen LogP contribution < -0.4 is 4.74 Å². The maximum atomic E-state index is 14.3. The first kappa shape index (κ1) is 26.1. The fourth-order valence-corrected chi connectivity index (χ4v) is 7.44. The predicted octanol–water partition coefficient (Wildman–Crippen LogP) is 5.07. The van der Waals surface area contributed by atoms with Crippen LogP contribution in [0.25, 0.3) is 11.3 Å². The smallest absolute Gasteiger partial charge is 0.273 e. The minimum Gasteiger partial charge on any atom is -0.504 e. The molecule has 0 radical (unpaired) electrons. The normalized spacial score (nSPS) is 19.6. The summed E-state index contributed by atoms with van der Waals surface area (Å²) in [7, 11) is -3.21. The van der Waals surface area contributed by atoms with Crippen LogP contribution in [0.2, 0.25) is 0 Å². The number of carbonyl (C=O) groups excluding carboxylic acids is 1. The second-order valence-corrected chi connectivity index (χ2v) is 12.7. The highest BCUT2D eigenvalue weighted by Crippen LogP contribution is 2.47. The highest BCUT2D eigenvalue weighted by molar-refractivity contribution is 7.91. The highest BCUT2D eigenvalue weighted by Gasteiger charge is 2.46. The number of carbonyl (C=O) groups is 1. The largest absolute Gasteiger partial charge is 0.504 e. The van der Waals surface area contributed by atoms with Gasteiger partial charge in [0.05, 0.1) is 35.9 Å². The molecule has 3 aromatic carbocycles. The number of aromatic hydroxyl groups is 1. The summed E-state index contributed by atoms with van der Waals surface area (Å²) >= 11 is 0. The highest BCUT2D eigenvalue weighted by atomic mass is 32.2. The van der Waals surface area contributed by atoms with E-state index in [4.69, 9.17) is 9.84 Å². The number of rotatable bonds is 7. The lowest BCUT2D eigenvalue weighted by Gasteiger charge is -2.27. The van der Waals surface area contributed by atoms with Gasteiger partial charge in [-0.1, -0.05) is 66.2 Å². The summed E-state index contributed by atoms with van der Waals surface area (Å²) in [4.78, 5) is 16.1. The molecule has 0 spiro atoms. The molecule has 9 heteroatoms. The number of aryl methyl sites for hydroxylation is 1. The van der Waals surface area contributed by atoms with E-state index in [-0.39, 0.29) is 23.2 Å². The number of phenols is 1. The Hall–Kier alpha value is -4.11. The number of fused-ring (bicyclic) bond motifs is 1. The van der Waals surface area contributed by atoms with E-state index in [1.807, 2.05) is 68.4 Å². The molecule has 1 fully saturated rings. The Balaban J connectivity index is 1.58. The lowest BCUT2D eigenvalue weighted by atomic mass is 9.95. The van der Waals surface area contributed by atoms with E-state index in [9.17, 15) is 18.3 Å². The van der Waals surface area contributed by atoms with Crippen molar-refractivity contribution in [2.24, 2.45) is 0 Å². The molecule has 4 aromatic rings. The van der Waals surface area contributed by atoms with Crippen LogP contribution in [0.5, 0.6) is 11.5 Å². The number of hydrogen-bond donors (Lipinski definition) is 1. The zero-order chi connectivity index (χ0) is 28.0. The number of hydrogen-bond acceptors (Lipinski definition) is 6. The molecule has 206 valence electrons. The molecule has 3 heterocycles. The molecule has 0 saturated carbocycles. The molecule has 0 aliphatic carbocycles. The molecule has 2 aliphatic heterocycles. The van der Waals surface area contributed by atoms with Crippen molar-refractivity contribution < 1.29 is 23.1 Å². The maximum absolute atomic E-state index is 14.3. The SMILES string of the molecule is CCOc1cc([C@@H]2c3c(-c4ccc(C)cc4)nn([C@H]4CCS(=O)(=O)C4)c3C(=O)N2Cc2ccccc2)ccc1O. The molecule has 2 atom stereocenters. The molecule has 1 saturated heterocycles. The number of ether oxygens (including phenoxy) is 1. The zero-order valence-electron chi connectivity index (χ0n) is 22.4.